The van der Waals surface area contributed by atoms with Crippen molar-refractivity contribution in [2.45, 2.75) is 24.4 Å². The fourth-order valence-corrected chi connectivity index (χ4v) is 6.73. The normalized spacial score (nSPS) is 17.3. The fourth-order valence-electron chi connectivity index (χ4n) is 4.19. The van der Waals surface area contributed by atoms with Gasteiger partial charge in [0, 0.05) is 47.5 Å². The van der Waals surface area contributed by atoms with Gasteiger partial charge >= 0.3 is 5.97 Å². The lowest BCUT2D eigenvalue weighted by molar-refractivity contribution is -0.138. The minimum atomic E-state index is -3.96. The zero-order valence-corrected chi connectivity index (χ0v) is 20.8. The second-order valence-electron chi connectivity index (χ2n) is 8.29. The molecular weight excluding hydrogens is 514 g/mol. The Morgan fingerprint density at radius 2 is 2.06 bits per heavy atom. The maximum Gasteiger partial charge on any atom is 0.305 e. The predicted molar refractivity (Wildman–Crippen MR) is 131 cm³/mol. The summed E-state index contributed by atoms with van der Waals surface area (Å²) in [7, 11) is -3.96. The largest absolute Gasteiger partial charge is 0.481 e. The van der Waals surface area contributed by atoms with E-state index in [-0.39, 0.29) is 29.7 Å². The molecule has 2 N–H and O–H groups in total. The number of aryl methyl sites for hydroxylation is 1. The maximum absolute atomic E-state index is 13.4. The summed E-state index contributed by atoms with van der Waals surface area (Å²) in [5.41, 5.74) is 2.02. The Bertz CT molecular complexity index is 1580. The van der Waals surface area contributed by atoms with Gasteiger partial charge in [0.2, 0.25) is 0 Å². The van der Waals surface area contributed by atoms with Gasteiger partial charge in [0.05, 0.1) is 22.7 Å². The number of sulfonamides is 1. The van der Waals surface area contributed by atoms with E-state index in [1.54, 1.807) is 30.5 Å². The first-order valence-electron chi connectivity index (χ1n) is 10.7. The number of aromatic amines is 1. The van der Waals surface area contributed by atoms with E-state index in [2.05, 4.69) is 15.0 Å². The maximum atomic E-state index is 13.4. The number of rotatable bonds is 5. The van der Waals surface area contributed by atoms with E-state index in [9.17, 15) is 23.1 Å². The second-order valence-corrected chi connectivity index (χ2v) is 11.7. The van der Waals surface area contributed by atoms with Crippen LogP contribution in [0.4, 0.5) is 0 Å². The van der Waals surface area contributed by atoms with E-state index < -0.39 is 34.4 Å². The van der Waals surface area contributed by atoms with Gasteiger partial charge in [-0.3, -0.25) is 14.6 Å². The number of amides is 1. The lowest BCUT2D eigenvalue weighted by Crippen LogP contribution is -2.57. The number of carboxylic acid groups (broad SMARTS) is 1. The molecular formula is C22H20ClN5O5S2. The number of nitrogens with one attached hydrogen (secondary N) is 1. The van der Waals surface area contributed by atoms with Gasteiger partial charge in [0.15, 0.2) is 5.01 Å². The third-order valence-corrected chi connectivity index (χ3v) is 8.90. The smallest absolute Gasteiger partial charge is 0.305 e. The van der Waals surface area contributed by atoms with Crippen molar-refractivity contribution in [2.75, 3.05) is 19.6 Å². The van der Waals surface area contributed by atoms with Crippen molar-refractivity contribution in [3.05, 3.63) is 52.3 Å². The van der Waals surface area contributed by atoms with Gasteiger partial charge in [0.25, 0.3) is 15.9 Å². The van der Waals surface area contributed by atoms with E-state index >= 15 is 0 Å². The molecule has 13 heteroatoms. The van der Waals surface area contributed by atoms with Crippen LogP contribution in [0.3, 0.4) is 0 Å². The van der Waals surface area contributed by atoms with Gasteiger partial charge < -0.3 is 15.0 Å². The molecule has 0 radical (unpaired) electrons. The Morgan fingerprint density at radius 3 is 2.83 bits per heavy atom. The molecule has 0 spiro atoms. The number of carbonyl (C=O) groups excluding carboxylic acids is 1. The third kappa shape index (κ3) is 4.49. The molecule has 1 aliphatic rings. The first kappa shape index (κ1) is 23.7. The number of hydrogen-bond acceptors (Lipinski definition) is 7. The summed E-state index contributed by atoms with van der Waals surface area (Å²) < 4.78 is 28.7. The molecule has 4 heterocycles. The minimum absolute atomic E-state index is 0.0161. The summed E-state index contributed by atoms with van der Waals surface area (Å²) in [6.07, 6.45) is 1.25. The van der Waals surface area contributed by atoms with Crippen molar-refractivity contribution < 1.29 is 23.1 Å². The number of pyridine rings is 1. The molecule has 182 valence electrons. The SMILES string of the molecule is Cc1cc2nc(C(=O)N3CCN(S(=O)(=O)c4cc5cc(Cl)ccc5[nH]4)CC3CC(=O)O)sc2cn1. The molecule has 10 nitrogen and oxygen atoms in total. The topological polar surface area (TPSA) is 137 Å². The Morgan fingerprint density at radius 1 is 1.26 bits per heavy atom. The van der Waals surface area contributed by atoms with Crippen LogP contribution in [0.15, 0.2) is 41.6 Å². The van der Waals surface area contributed by atoms with Gasteiger partial charge in [-0.25, -0.2) is 13.4 Å². The highest BCUT2D eigenvalue weighted by molar-refractivity contribution is 7.89. The second kappa shape index (κ2) is 8.86. The van der Waals surface area contributed by atoms with Gasteiger partial charge in [-0.1, -0.05) is 11.6 Å². The Balaban J connectivity index is 1.42. The summed E-state index contributed by atoms with van der Waals surface area (Å²) in [5.74, 6) is -1.55. The highest BCUT2D eigenvalue weighted by Crippen LogP contribution is 2.28. The Kier molecular flexibility index (Phi) is 5.99. The zero-order valence-electron chi connectivity index (χ0n) is 18.4. The number of halogens is 1. The van der Waals surface area contributed by atoms with Crippen molar-refractivity contribution in [3.8, 4) is 0 Å². The molecule has 1 fully saturated rings. The molecule has 1 aliphatic heterocycles. The molecule has 0 bridgehead atoms. The minimum Gasteiger partial charge on any atom is -0.481 e. The molecule has 0 saturated carbocycles. The molecule has 3 aromatic heterocycles. The number of piperazine rings is 1. The van der Waals surface area contributed by atoms with Crippen LogP contribution in [0, 0.1) is 6.92 Å². The highest BCUT2D eigenvalue weighted by atomic mass is 35.5. The lowest BCUT2D eigenvalue weighted by Gasteiger charge is -2.39. The van der Waals surface area contributed by atoms with Crippen LogP contribution in [-0.2, 0) is 14.8 Å². The van der Waals surface area contributed by atoms with Crippen molar-refractivity contribution in [2.24, 2.45) is 0 Å². The van der Waals surface area contributed by atoms with E-state index in [1.165, 1.54) is 26.6 Å². The molecule has 35 heavy (non-hydrogen) atoms. The molecule has 1 atom stereocenters. The van der Waals surface area contributed by atoms with Gasteiger partial charge in [-0.15, -0.1) is 11.3 Å². The zero-order chi connectivity index (χ0) is 24.9. The van der Waals surface area contributed by atoms with E-state index in [4.69, 9.17) is 11.6 Å². The molecule has 0 aliphatic carbocycles. The van der Waals surface area contributed by atoms with E-state index in [1.807, 2.05) is 6.92 Å². The number of carbonyl (C=O) groups is 2. The summed E-state index contributed by atoms with van der Waals surface area (Å²) >= 11 is 7.19. The first-order valence-corrected chi connectivity index (χ1v) is 13.3. The van der Waals surface area contributed by atoms with Crippen LogP contribution in [-0.4, -0.2) is 75.2 Å². The van der Waals surface area contributed by atoms with Crippen LogP contribution in [0.5, 0.6) is 0 Å². The number of aliphatic carboxylic acids is 1. The number of thiazole rings is 1. The molecule has 1 saturated heterocycles. The summed E-state index contributed by atoms with van der Waals surface area (Å²) in [6, 6.07) is 7.42. The van der Waals surface area contributed by atoms with Crippen LogP contribution >= 0.6 is 22.9 Å². The lowest BCUT2D eigenvalue weighted by atomic mass is 10.1. The number of fused-ring (bicyclic) bond motifs is 2. The number of benzene rings is 1. The number of hydrogen-bond donors (Lipinski definition) is 2. The summed E-state index contributed by atoms with van der Waals surface area (Å²) in [5, 5.41) is 10.8. The fraction of sp³-hybridized carbons (Fsp3) is 0.273. The van der Waals surface area contributed by atoms with Crippen LogP contribution in [0.25, 0.3) is 21.1 Å². The monoisotopic (exact) mass is 533 g/mol. The van der Waals surface area contributed by atoms with Crippen molar-refractivity contribution >= 4 is 66.0 Å². The summed E-state index contributed by atoms with van der Waals surface area (Å²) in [4.78, 5) is 37.8. The number of nitrogens with zero attached hydrogens (tertiary/aromatic N) is 4. The van der Waals surface area contributed by atoms with Crippen LogP contribution in [0.2, 0.25) is 5.02 Å². The Hall–Kier alpha value is -3.06. The highest BCUT2D eigenvalue weighted by Gasteiger charge is 2.39. The molecule has 5 rings (SSSR count). The van der Waals surface area contributed by atoms with Crippen molar-refractivity contribution in [1.82, 2.24) is 24.2 Å². The first-order chi connectivity index (χ1) is 16.6. The van der Waals surface area contributed by atoms with E-state index in [0.717, 1.165) is 10.4 Å². The van der Waals surface area contributed by atoms with Crippen LogP contribution in [0.1, 0.15) is 21.9 Å². The molecule has 4 aromatic rings. The van der Waals surface area contributed by atoms with Gasteiger partial charge in [0.1, 0.15) is 5.03 Å². The summed E-state index contributed by atoms with van der Waals surface area (Å²) in [6.45, 7) is 1.73. The quantitative estimate of drug-likeness (QED) is 0.402. The average molecular weight is 534 g/mol. The third-order valence-electron chi connectivity index (χ3n) is 5.89. The van der Waals surface area contributed by atoms with E-state index in [0.29, 0.717) is 21.4 Å². The molecule has 1 aromatic carbocycles. The predicted octanol–water partition coefficient (Wildman–Crippen LogP) is 3.12. The van der Waals surface area contributed by atoms with Crippen LogP contribution < -0.4 is 0 Å². The van der Waals surface area contributed by atoms with Crippen molar-refractivity contribution in [3.63, 3.8) is 0 Å². The molecule has 1 unspecified atom stereocenters. The molecule has 1 amide bonds. The number of H-pyrrole nitrogens is 1. The number of aromatic nitrogens is 3. The number of carboxylic acids is 1. The van der Waals surface area contributed by atoms with Gasteiger partial charge in [-0.2, -0.15) is 4.31 Å². The standard InChI is InChI=1S/C22H20ClN5O5S2/c1-12-6-17-18(10-24-12)34-21(26-17)22(31)28-5-4-27(11-15(28)9-20(29)30)35(32,33)19-8-13-7-14(23)2-3-16(13)25-19/h2-3,6-8,10,15,25H,4-5,9,11H2,1H3,(H,29,30). The Labute approximate surface area is 209 Å². The average Bonchev–Trinajstić information content (AvgIpc) is 3.42. The van der Waals surface area contributed by atoms with Gasteiger partial charge in [-0.05, 0) is 37.3 Å². The van der Waals surface area contributed by atoms with Crippen molar-refractivity contribution in [1.29, 1.82) is 0 Å².